The van der Waals surface area contributed by atoms with Crippen LogP contribution in [-0.4, -0.2) is 20.1 Å². The lowest BCUT2D eigenvalue weighted by Gasteiger charge is -2.13. The first-order valence-electron chi connectivity index (χ1n) is 7.22. The van der Waals surface area contributed by atoms with Gasteiger partial charge >= 0.3 is 0 Å². The van der Waals surface area contributed by atoms with Gasteiger partial charge in [0, 0.05) is 10.1 Å². The second-order valence-electron chi connectivity index (χ2n) is 5.30. The molecular weight excluding hydrogens is 405 g/mol. The molecule has 0 radical (unpaired) electrons. The van der Waals surface area contributed by atoms with Crippen molar-refractivity contribution in [1.29, 1.82) is 0 Å². The summed E-state index contributed by atoms with van der Waals surface area (Å²) in [6, 6.07) is 9.71. The molecule has 0 aliphatic carbocycles. The zero-order valence-corrected chi connectivity index (χ0v) is 15.9. The second kappa shape index (κ2) is 7.68. The predicted molar refractivity (Wildman–Crippen MR) is 99.3 cm³/mol. The first-order valence-corrected chi connectivity index (χ1v) is 8.30. The molecule has 0 aromatic heterocycles. The molecule has 122 valence electrons. The van der Waals surface area contributed by atoms with Gasteiger partial charge in [0.1, 0.15) is 0 Å². The van der Waals surface area contributed by atoms with Crippen molar-refractivity contribution in [3.63, 3.8) is 0 Å². The molecule has 4 nitrogen and oxygen atoms in total. The maximum absolute atomic E-state index is 12.5. The van der Waals surface area contributed by atoms with E-state index in [9.17, 15) is 4.79 Å². The first kappa shape index (κ1) is 17.6. The number of nitrogens with one attached hydrogen (secondary N) is 1. The number of carbonyl (C=O) groups is 1. The summed E-state index contributed by atoms with van der Waals surface area (Å²) in [5.74, 6) is 1.03. The van der Waals surface area contributed by atoms with Crippen LogP contribution in [0, 0.1) is 17.4 Å². The topological polar surface area (TPSA) is 47.6 Å². The van der Waals surface area contributed by atoms with E-state index in [1.165, 1.54) is 11.1 Å². The lowest BCUT2D eigenvalue weighted by molar-refractivity contribution is 0.0949. The first-order chi connectivity index (χ1) is 11.0. The summed E-state index contributed by atoms with van der Waals surface area (Å²) in [5, 5.41) is 2.97. The number of methoxy groups -OCH3 is 2. The lowest BCUT2D eigenvalue weighted by atomic mass is 10.1. The van der Waals surface area contributed by atoms with E-state index in [0.717, 1.165) is 9.13 Å². The summed E-state index contributed by atoms with van der Waals surface area (Å²) in [4.78, 5) is 12.5. The molecular formula is C18H20INO3. The maximum Gasteiger partial charge on any atom is 0.252 e. The zero-order valence-electron chi connectivity index (χ0n) is 13.7. The van der Waals surface area contributed by atoms with Crippen LogP contribution in [0.1, 0.15) is 27.0 Å². The van der Waals surface area contributed by atoms with E-state index in [-0.39, 0.29) is 5.91 Å². The van der Waals surface area contributed by atoms with Gasteiger partial charge in [0.2, 0.25) is 0 Å². The van der Waals surface area contributed by atoms with Gasteiger partial charge in [-0.25, -0.2) is 0 Å². The van der Waals surface area contributed by atoms with Crippen LogP contribution < -0.4 is 14.8 Å². The molecule has 1 N–H and O–H groups in total. The molecule has 0 aliphatic heterocycles. The minimum atomic E-state index is -0.129. The number of carbonyl (C=O) groups excluding carboxylic acids is 1. The van der Waals surface area contributed by atoms with Crippen molar-refractivity contribution in [3.8, 4) is 11.5 Å². The normalized spacial score (nSPS) is 10.3. The highest BCUT2D eigenvalue weighted by Gasteiger charge is 2.15. The number of rotatable bonds is 5. The highest BCUT2D eigenvalue weighted by Crippen LogP contribution is 2.31. The fourth-order valence-electron chi connectivity index (χ4n) is 2.34. The average molecular weight is 425 g/mol. The summed E-state index contributed by atoms with van der Waals surface area (Å²) >= 11 is 2.13. The van der Waals surface area contributed by atoms with Crippen LogP contribution in [0.25, 0.3) is 0 Å². The van der Waals surface area contributed by atoms with Crippen molar-refractivity contribution in [1.82, 2.24) is 5.32 Å². The van der Waals surface area contributed by atoms with Gasteiger partial charge in [-0.2, -0.15) is 0 Å². The van der Waals surface area contributed by atoms with E-state index in [1.54, 1.807) is 26.4 Å². The summed E-state index contributed by atoms with van der Waals surface area (Å²) in [6.45, 7) is 4.60. The summed E-state index contributed by atoms with van der Waals surface area (Å²) in [6.07, 6.45) is 0. The third kappa shape index (κ3) is 4.16. The number of benzene rings is 2. The Morgan fingerprint density at radius 2 is 1.74 bits per heavy atom. The third-order valence-electron chi connectivity index (χ3n) is 3.66. The van der Waals surface area contributed by atoms with Crippen molar-refractivity contribution in [2.24, 2.45) is 0 Å². The molecule has 23 heavy (non-hydrogen) atoms. The van der Waals surface area contributed by atoms with Crippen LogP contribution in [0.2, 0.25) is 0 Å². The molecule has 0 saturated heterocycles. The third-order valence-corrected chi connectivity index (χ3v) is 4.55. The number of halogens is 1. The van der Waals surface area contributed by atoms with Gasteiger partial charge in [0.15, 0.2) is 11.5 Å². The van der Waals surface area contributed by atoms with E-state index in [0.29, 0.717) is 23.6 Å². The average Bonchev–Trinajstić information content (AvgIpc) is 2.53. The highest BCUT2D eigenvalue weighted by molar-refractivity contribution is 14.1. The van der Waals surface area contributed by atoms with E-state index < -0.39 is 0 Å². The Hall–Kier alpha value is -1.76. The zero-order chi connectivity index (χ0) is 17.0. The van der Waals surface area contributed by atoms with Gasteiger partial charge in [-0.05, 0) is 59.7 Å². The monoisotopic (exact) mass is 425 g/mol. The Morgan fingerprint density at radius 3 is 2.35 bits per heavy atom. The standard InChI is InChI=1S/C18H20INO3/c1-11-5-6-13(12(2)7-11)10-20-18(21)14-8-16(22-3)17(23-4)9-15(14)19/h5-9H,10H2,1-4H3,(H,20,21). The smallest absolute Gasteiger partial charge is 0.252 e. The van der Waals surface area contributed by atoms with Gasteiger partial charge < -0.3 is 14.8 Å². The molecule has 2 aromatic rings. The van der Waals surface area contributed by atoms with Gasteiger partial charge in [0.25, 0.3) is 5.91 Å². The number of ether oxygens (including phenoxy) is 2. The molecule has 2 rings (SSSR count). The minimum Gasteiger partial charge on any atom is -0.493 e. The van der Waals surface area contributed by atoms with Gasteiger partial charge in [0.05, 0.1) is 19.8 Å². The molecule has 0 atom stereocenters. The molecule has 2 aromatic carbocycles. The van der Waals surface area contributed by atoms with Crippen LogP contribution in [-0.2, 0) is 6.54 Å². The van der Waals surface area contributed by atoms with Crippen LogP contribution >= 0.6 is 22.6 Å². The Bertz CT molecular complexity index is 728. The molecule has 0 bridgehead atoms. The van der Waals surface area contributed by atoms with Gasteiger partial charge in [-0.1, -0.05) is 23.8 Å². The van der Waals surface area contributed by atoms with Crippen molar-refractivity contribution < 1.29 is 14.3 Å². The predicted octanol–water partition coefficient (Wildman–Crippen LogP) is 3.86. The Kier molecular flexibility index (Phi) is 5.87. The van der Waals surface area contributed by atoms with Crippen molar-refractivity contribution >= 4 is 28.5 Å². The fraction of sp³-hybridized carbons (Fsp3) is 0.278. The Labute approximate surface area is 150 Å². The molecule has 0 saturated carbocycles. The Balaban J connectivity index is 2.17. The van der Waals surface area contributed by atoms with Gasteiger partial charge in [-0.3, -0.25) is 4.79 Å². The Morgan fingerprint density at radius 1 is 1.09 bits per heavy atom. The summed E-state index contributed by atoms with van der Waals surface area (Å²) < 4.78 is 11.3. The van der Waals surface area contributed by atoms with Crippen molar-refractivity contribution in [2.45, 2.75) is 20.4 Å². The van der Waals surface area contributed by atoms with Crippen LogP contribution in [0.4, 0.5) is 0 Å². The number of aryl methyl sites for hydroxylation is 2. The SMILES string of the molecule is COc1cc(I)c(C(=O)NCc2ccc(C)cc2C)cc1OC. The summed E-state index contributed by atoms with van der Waals surface area (Å²) in [7, 11) is 3.13. The number of hydrogen-bond donors (Lipinski definition) is 1. The van der Waals surface area contributed by atoms with E-state index in [1.807, 2.05) is 6.07 Å². The number of hydrogen-bond acceptors (Lipinski definition) is 3. The van der Waals surface area contributed by atoms with Crippen molar-refractivity contribution in [2.75, 3.05) is 14.2 Å². The molecule has 5 heteroatoms. The van der Waals surface area contributed by atoms with E-state index >= 15 is 0 Å². The summed E-state index contributed by atoms with van der Waals surface area (Å²) in [5.41, 5.74) is 4.08. The quantitative estimate of drug-likeness (QED) is 0.741. The molecule has 0 spiro atoms. The molecule has 0 heterocycles. The molecule has 1 amide bonds. The minimum absolute atomic E-state index is 0.129. The molecule has 0 unspecified atom stereocenters. The highest BCUT2D eigenvalue weighted by atomic mass is 127. The van der Waals surface area contributed by atoms with Crippen LogP contribution in [0.3, 0.4) is 0 Å². The molecule has 0 aliphatic rings. The van der Waals surface area contributed by atoms with Crippen LogP contribution in [0.15, 0.2) is 30.3 Å². The van der Waals surface area contributed by atoms with Crippen LogP contribution in [0.5, 0.6) is 11.5 Å². The largest absolute Gasteiger partial charge is 0.493 e. The van der Waals surface area contributed by atoms with E-state index in [2.05, 4.69) is 53.9 Å². The lowest BCUT2D eigenvalue weighted by Crippen LogP contribution is -2.24. The van der Waals surface area contributed by atoms with Crippen molar-refractivity contribution in [3.05, 3.63) is 56.2 Å². The molecule has 0 fully saturated rings. The number of amides is 1. The maximum atomic E-state index is 12.5. The second-order valence-corrected chi connectivity index (χ2v) is 6.46. The fourth-order valence-corrected chi connectivity index (χ4v) is 3.03. The van der Waals surface area contributed by atoms with Gasteiger partial charge in [-0.15, -0.1) is 0 Å². The van der Waals surface area contributed by atoms with E-state index in [4.69, 9.17) is 9.47 Å².